The number of hydrogen-bond acceptors (Lipinski definition) is 3. The highest BCUT2D eigenvalue weighted by atomic mass is 79.9. The van der Waals surface area contributed by atoms with Gasteiger partial charge in [0.1, 0.15) is 0 Å². The van der Waals surface area contributed by atoms with Crippen LogP contribution < -0.4 is 10.6 Å². The molecule has 4 rings (SSSR count). The number of amides is 2. The van der Waals surface area contributed by atoms with Crippen LogP contribution in [0.25, 0.3) is 0 Å². The minimum Gasteiger partial charge on any atom is -0.349 e. The zero-order chi connectivity index (χ0) is 19.5. The number of nitrogens with one attached hydrogen (secondary N) is 2. The Bertz CT molecular complexity index is 891. The highest BCUT2D eigenvalue weighted by Gasteiger charge is 2.22. The van der Waals surface area contributed by atoms with Gasteiger partial charge in [-0.15, -0.1) is 0 Å². The van der Waals surface area contributed by atoms with Crippen LogP contribution in [0.15, 0.2) is 46.9 Å². The number of piperidine rings is 1. The molecule has 0 spiro atoms. The Hall–Kier alpha value is -2.18. The Balaban J connectivity index is 1.29. The van der Waals surface area contributed by atoms with E-state index >= 15 is 0 Å². The molecule has 146 valence electrons. The van der Waals surface area contributed by atoms with Gasteiger partial charge in [0.25, 0.3) is 5.91 Å². The van der Waals surface area contributed by atoms with Gasteiger partial charge in [-0.1, -0.05) is 34.1 Å². The van der Waals surface area contributed by atoms with Gasteiger partial charge in [-0.25, -0.2) is 0 Å². The summed E-state index contributed by atoms with van der Waals surface area (Å²) in [7, 11) is 0. The number of hydrogen-bond donors (Lipinski definition) is 2. The van der Waals surface area contributed by atoms with Gasteiger partial charge in [-0.2, -0.15) is 0 Å². The Morgan fingerprint density at radius 3 is 2.75 bits per heavy atom. The van der Waals surface area contributed by atoms with Crippen LogP contribution in [0.4, 0.5) is 5.69 Å². The third kappa shape index (κ3) is 4.62. The first-order valence-electron chi connectivity index (χ1n) is 9.77. The largest absolute Gasteiger partial charge is 0.349 e. The standard InChI is InChI=1S/C22H24BrN3O2/c23-18-3-1-2-17(13-18)22(28)24-19-8-10-26(11-9-19)14-15-4-5-16-6-7-21(27)25-20(16)12-15/h1-5,12-13,19H,6-11,14H2,(H,24,28)(H,25,27). The molecule has 5 nitrogen and oxygen atoms in total. The van der Waals surface area contributed by atoms with Crippen LogP contribution in [0.5, 0.6) is 0 Å². The maximum atomic E-state index is 12.4. The smallest absolute Gasteiger partial charge is 0.251 e. The molecule has 2 N–H and O–H groups in total. The van der Waals surface area contributed by atoms with Crippen LogP contribution in [-0.2, 0) is 17.8 Å². The SMILES string of the molecule is O=C1CCc2ccc(CN3CCC(NC(=O)c4cccc(Br)c4)CC3)cc2N1. The minimum absolute atomic E-state index is 0.00909. The van der Waals surface area contributed by atoms with E-state index in [-0.39, 0.29) is 17.9 Å². The second-order valence-electron chi connectivity index (χ2n) is 7.57. The summed E-state index contributed by atoms with van der Waals surface area (Å²) < 4.78 is 0.913. The molecule has 0 bridgehead atoms. The summed E-state index contributed by atoms with van der Waals surface area (Å²) in [5, 5.41) is 6.14. The monoisotopic (exact) mass is 441 g/mol. The predicted molar refractivity (Wildman–Crippen MR) is 113 cm³/mol. The van der Waals surface area contributed by atoms with Crippen molar-refractivity contribution in [2.75, 3.05) is 18.4 Å². The third-order valence-electron chi connectivity index (χ3n) is 5.49. The number of benzene rings is 2. The number of fused-ring (bicyclic) bond motifs is 1. The lowest BCUT2D eigenvalue weighted by molar-refractivity contribution is -0.116. The summed E-state index contributed by atoms with van der Waals surface area (Å²) in [6, 6.07) is 14.1. The maximum Gasteiger partial charge on any atom is 0.251 e. The summed E-state index contributed by atoms with van der Waals surface area (Å²) in [5.74, 6) is 0.0943. The molecule has 2 aliphatic rings. The molecule has 0 atom stereocenters. The molecule has 2 aromatic carbocycles. The highest BCUT2D eigenvalue weighted by molar-refractivity contribution is 9.10. The molecule has 0 aliphatic carbocycles. The average molecular weight is 442 g/mol. The summed E-state index contributed by atoms with van der Waals surface area (Å²) in [5.41, 5.74) is 4.09. The van der Waals surface area contributed by atoms with Crippen molar-refractivity contribution in [3.63, 3.8) is 0 Å². The van der Waals surface area contributed by atoms with E-state index in [0.29, 0.717) is 12.0 Å². The zero-order valence-corrected chi connectivity index (χ0v) is 17.3. The van der Waals surface area contributed by atoms with Crippen molar-refractivity contribution in [2.45, 2.75) is 38.3 Å². The first-order chi connectivity index (χ1) is 13.6. The van der Waals surface area contributed by atoms with Crippen LogP contribution >= 0.6 is 15.9 Å². The Morgan fingerprint density at radius 2 is 1.96 bits per heavy atom. The van der Waals surface area contributed by atoms with E-state index in [9.17, 15) is 9.59 Å². The van der Waals surface area contributed by atoms with Gasteiger partial charge in [0.15, 0.2) is 0 Å². The molecule has 2 heterocycles. The molecule has 1 saturated heterocycles. The molecule has 2 aliphatic heterocycles. The van der Waals surface area contributed by atoms with Crippen LogP contribution in [0.1, 0.15) is 40.7 Å². The van der Waals surface area contributed by atoms with Crippen LogP contribution in [0.3, 0.4) is 0 Å². The Kier molecular flexibility index (Phi) is 5.78. The number of carbonyl (C=O) groups excluding carboxylic acids is 2. The number of likely N-dealkylation sites (tertiary alicyclic amines) is 1. The molecule has 2 amide bonds. The van der Waals surface area contributed by atoms with Gasteiger partial charge >= 0.3 is 0 Å². The molecule has 0 radical (unpaired) electrons. The van der Waals surface area contributed by atoms with Crippen LogP contribution in [0.2, 0.25) is 0 Å². The van der Waals surface area contributed by atoms with E-state index in [0.717, 1.165) is 49.1 Å². The van der Waals surface area contributed by atoms with Gasteiger partial charge in [-0.3, -0.25) is 14.5 Å². The van der Waals surface area contributed by atoms with E-state index in [1.807, 2.05) is 24.3 Å². The molecule has 0 unspecified atom stereocenters. The zero-order valence-electron chi connectivity index (χ0n) is 15.7. The van der Waals surface area contributed by atoms with Gasteiger partial charge in [-0.05, 0) is 54.7 Å². The van der Waals surface area contributed by atoms with Gasteiger partial charge in [0.05, 0.1) is 0 Å². The number of aryl methyl sites for hydroxylation is 1. The second kappa shape index (κ2) is 8.45. The fourth-order valence-corrected chi connectivity index (χ4v) is 4.31. The summed E-state index contributed by atoms with van der Waals surface area (Å²) in [6.45, 7) is 2.77. The van der Waals surface area contributed by atoms with Gasteiger partial charge in [0.2, 0.25) is 5.91 Å². The number of anilines is 1. The first kappa shape index (κ1) is 19.2. The maximum absolute atomic E-state index is 12.4. The van der Waals surface area contributed by atoms with Crippen molar-refractivity contribution in [3.05, 3.63) is 63.6 Å². The lowest BCUT2D eigenvalue weighted by Crippen LogP contribution is -2.44. The van der Waals surface area contributed by atoms with E-state index in [4.69, 9.17) is 0 Å². The van der Waals surface area contributed by atoms with E-state index < -0.39 is 0 Å². The van der Waals surface area contributed by atoms with E-state index in [1.54, 1.807) is 0 Å². The first-order valence-corrected chi connectivity index (χ1v) is 10.6. The van der Waals surface area contributed by atoms with Crippen LogP contribution in [-0.4, -0.2) is 35.8 Å². The molecular formula is C22H24BrN3O2. The molecule has 0 aromatic heterocycles. The Morgan fingerprint density at radius 1 is 1.14 bits per heavy atom. The topological polar surface area (TPSA) is 61.4 Å². The summed E-state index contributed by atoms with van der Waals surface area (Å²) in [6.07, 6.45) is 3.29. The Labute approximate surface area is 173 Å². The summed E-state index contributed by atoms with van der Waals surface area (Å²) >= 11 is 3.41. The van der Waals surface area contributed by atoms with Gasteiger partial charge in [0, 0.05) is 47.8 Å². The third-order valence-corrected chi connectivity index (χ3v) is 5.98. The number of rotatable bonds is 4. The molecule has 1 fully saturated rings. The lowest BCUT2D eigenvalue weighted by atomic mass is 9.99. The van der Waals surface area contributed by atoms with Crippen LogP contribution in [0, 0.1) is 0 Å². The van der Waals surface area contributed by atoms with Crippen molar-refractivity contribution in [1.82, 2.24) is 10.2 Å². The van der Waals surface area contributed by atoms with Crippen molar-refractivity contribution in [2.24, 2.45) is 0 Å². The molecule has 0 saturated carbocycles. The minimum atomic E-state index is -0.00909. The predicted octanol–water partition coefficient (Wildman–Crippen LogP) is 3.73. The summed E-state index contributed by atoms with van der Waals surface area (Å²) in [4.78, 5) is 26.4. The van der Waals surface area contributed by atoms with E-state index in [1.165, 1.54) is 11.1 Å². The normalized spacial score (nSPS) is 17.7. The quantitative estimate of drug-likeness (QED) is 0.759. The number of halogens is 1. The molecular weight excluding hydrogens is 418 g/mol. The number of carbonyl (C=O) groups is 2. The molecule has 2 aromatic rings. The molecule has 6 heteroatoms. The van der Waals surface area contributed by atoms with Crippen molar-refractivity contribution in [3.8, 4) is 0 Å². The average Bonchev–Trinajstić information content (AvgIpc) is 2.69. The van der Waals surface area contributed by atoms with Crippen molar-refractivity contribution >= 4 is 33.4 Å². The lowest BCUT2D eigenvalue weighted by Gasteiger charge is -2.32. The molecule has 28 heavy (non-hydrogen) atoms. The fraction of sp³-hybridized carbons (Fsp3) is 0.364. The van der Waals surface area contributed by atoms with Crippen molar-refractivity contribution in [1.29, 1.82) is 0 Å². The fourth-order valence-electron chi connectivity index (χ4n) is 3.91. The number of nitrogens with zero attached hydrogens (tertiary/aromatic N) is 1. The highest BCUT2D eigenvalue weighted by Crippen LogP contribution is 2.25. The van der Waals surface area contributed by atoms with Gasteiger partial charge < -0.3 is 10.6 Å². The van der Waals surface area contributed by atoms with E-state index in [2.05, 4.69) is 49.7 Å². The second-order valence-corrected chi connectivity index (χ2v) is 8.49. The van der Waals surface area contributed by atoms with Crippen molar-refractivity contribution < 1.29 is 9.59 Å².